The molecular formula is C14H20ClN3O2. The zero-order valence-corrected chi connectivity index (χ0v) is 12.5. The molecule has 0 heterocycles. The number of anilines is 1. The van der Waals surface area contributed by atoms with Crippen molar-refractivity contribution in [1.82, 2.24) is 5.32 Å². The molecule has 2 amide bonds. The van der Waals surface area contributed by atoms with Gasteiger partial charge < -0.3 is 16.4 Å². The quantitative estimate of drug-likeness (QED) is 0.751. The summed E-state index contributed by atoms with van der Waals surface area (Å²) in [4.78, 5) is 23.6. The molecule has 20 heavy (non-hydrogen) atoms. The van der Waals surface area contributed by atoms with Gasteiger partial charge in [-0.1, -0.05) is 18.5 Å². The SMILES string of the molecule is CNC(=O)c1cc(NC(=O)C(C)CCCN)ccc1Cl. The Kier molecular flexibility index (Phi) is 6.48. The number of nitrogens with two attached hydrogens (primary N) is 1. The minimum atomic E-state index is -0.290. The number of benzene rings is 1. The topological polar surface area (TPSA) is 84.2 Å². The average Bonchev–Trinajstić information content (AvgIpc) is 2.45. The molecule has 0 fully saturated rings. The molecule has 0 saturated heterocycles. The average molecular weight is 298 g/mol. The number of nitrogens with one attached hydrogen (secondary N) is 2. The third-order valence-electron chi connectivity index (χ3n) is 2.99. The Bertz CT molecular complexity index is 491. The maximum Gasteiger partial charge on any atom is 0.252 e. The van der Waals surface area contributed by atoms with Gasteiger partial charge in [-0.25, -0.2) is 0 Å². The Morgan fingerprint density at radius 3 is 2.70 bits per heavy atom. The molecule has 0 aliphatic carbocycles. The van der Waals surface area contributed by atoms with Crippen LogP contribution < -0.4 is 16.4 Å². The lowest BCUT2D eigenvalue weighted by molar-refractivity contribution is -0.119. The summed E-state index contributed by atoms with van der Waals surface area (Å²) >= 11 is 5.95. The van der Waals surface area contributed by atoms with E-state index in [1.54, 1.807) is 18.2 Å². The van der Waals surface area contributed by atoms with E-state index in [4.69, 9.17) is 17.3 Å². The highest BCUT2D eigenvalue weighted by molar-refractivity contribution is 6.34. The van der Waals surface area contributed by atoms with Crippen LogP contribution in [0.5, 0.6) is 0 Å². The maximum atomic E-state index is 12.0. The summed E-state index contributed by atoms with van der Waals surface area (Å²) in [5.41, 5.74) is 6.31. The summed E-state index contributed by atoms with van der Waals surface area (Å²) in [6.45, 7) is 2.42. The molecule has 5 nitrogen and oxygen atoms in total. The first-order chi connectivity index (χ1) is 9.49. The maximum absolute atomic E-state index is 12.0. The van der Waals surface area contributed by atoms with Gasteiger partial charge in [0.25, 0.3) is 5.91 Å². The summed E-state index contributed by atoms with van der Waals surface area (Å²) in [6, 6.07) is 4.82. The zero-order valence-electron chi connectivity index (χ0n) is 11.7. The molecule has 1 rings (SSSR count). The highest BCUT2D eigenvalue weighted by Gasteiger charge is 2.14. The van der Waals surface area contributed by atoms with Gasteiger partial charge in [-0.05, 0) is 37.6 Å². The van der Waals surface area contributed by atoms with Gasteiger partial charge in [-0.2, -0.15) is 0 Å². The first-order valence-electron chi connectivity index (χ1n) is 6.52. The highest BCUT2D eigenvalue weighted by atomic mass is 35.5. The summed E-state index contributed by atoms with van der Waals surface area (Å²) in [6.07, 6.45) is 1.54. The minimum Gasteiger partial charge on any atom is -0.355 e. The normalized spacial score (nSPS) is 11.8. The van der Waals surface area contributed by atoms with Crippen LogP contribution in [0.3, 0.4) is 0 Å². The third kappa shape index (κ3) is 4.51. The van der Waals surface area contributed by atoms with Crippen LogP contribution in [0.15, 0.2) is 18.2 Å². The van der Waals surface area contributed by atoms with Gasteiger partial charge in [0.2, 0.25) is 5.91 Å². The van der Waals surface area contributed by atoms with Gasteiger partial charge in [0.05, 0.1) is 10.6 Å². The fourth-order valence-corrected chi connectivity index (χ4v) is 1.94. The van der Waals surface area contributed by atoms with Crippen LogP contribution in [0.2, 0.25) is 5.02 Å². The molecule has 4 N–H and O–H groups in total. The van der Waals surface area contributed by atoms with Crippen LogP contribution in [-0.4, -0.2) is 25.4 Å². The molecule has 1 atom stereocenters. The fourth-order valence-electron chi connectivity index (χ4n) is 1.73. The van der Waals surface area contributed by atoms with Crippen molar-refractivity contribution in [2.24, 2.45) is 11.7 Å². The number of hydrogen-bond acceptors (Lipinski definition) is 3. The van der Waals surface area contributed by atoms with Crippen LogP contribution in [0.4, 0.5) is 5.69 Å². The molecule has 0 spiro atoms. The van der Waals surface area contributed by atoms with E-state index in [2.05, 4.69) is 10.6 Å². The van der Waals surface area contributed by atoms with E-state index < -0.39 is 0 Å². The minimum absolute atomic E-state index is 0.0939. The van der Waals surface area contributed by atoms with E-state index in [1.807, 2.05) is 6.92 Å². The molecule has 0 saturated carbocycles. The number of rotatable bonds is 6. The lowest BCUT2D eigenvalue weighted by Gasteiger charge is -2.13. The van der Waals surface area contributed by atoms with Gasteiger partial charge in [0, 0.05) is 18.7 Å². The summed E-state index contributed by atoms with van der Waals surface area (Å²) in [5, 5.41) is 5.63. The number of carbonyl (C=O) groups is 2. The smallest absolute Gasteiger partial charge is 0.252 e. The monoisotopic (exact) mass is 297 g/mol. The number of halogens is 1. The van der Waals surface area contributed by atoms with Crippen molar-refractivity contribution in [2.75, 3.05) is 18.9 Å². The van der Waals surface area contributed by atoms with Crippen LogP contribution in [0, 0.1) is 5.92 Å². The van der Waals surface area contributed by atoms with Crippen LogP contribution in [0.1, 0.15) is 30.1 Å². The molecule has 1 aromatic carbocycles. The lowest BCUT2D eigenvalue weighted by atomic mass is 10.0. The Balaban J connectivity index is 2.78. The highest BCUT2D eigenvalue weighted by Crippen LogP contribution is 2.21. The second-order valence-corrected chi connectivity index (χ2v) is 5.00. The Labute approximate surface area is 123 Å². The third-order valence-corrected chi connectivity index (χ3v) is 3.32. The molecule has 1 aromatic rings. The molecule has 0 aliphatic heterocycles. The van der Waals surface area contributed by atoms with Crippen LogP contribution in [-0.2, 0) is 4.79 Å². The zero-order chi connectivity index (χ0) is 15.1. The first-order valence-corrected chi connectivity index (χ1v) is 6.90. The van der Waals surface area contributed by atoms with Crippen molar-refractivity contribution in [3.63, 3.8) is 0 Å². The molecule has 0 aromatic heterocycles. The van der Waals surface area contributed by atoms with E-state index >= 15 is 0 Å². The van der Waals surface area contributed by atoms with Crippen molar-refractivity contribution < 1.29 is 9.59 Å². The second-order valence-electron chi connectivity index (χ2n) is 4.59. The van der Waals surface area contributed by atoms with Crippen molar-refractivity contribution >= 4 is 29.1 Å². The van der Waals surface area contributed by atoms with Gasteiger partial charge in [-0.15, -0.1) is 0 Å². The van der Waals surface area contributed by atoms with Crippen molar-refractivity contribution in [3.05, 3.63) is 28.8 Å². The van der Waals surface area contributed by atoms with Crippen LogP contribution >= 0.6 is 11.6 Å². The predicted molar refractivity (Wildman–Crippen MR) is 80.9 cm³/mol. The fraction of sp³-hybridized carbons (Fsp3) is 0.429. The van der Waals surface area contributed by atoms with E-state index in [-0.39, 0.29) is 17.7 Å². The van der Waals surface area contributed by atoms with Crippen molar-refractivity contribution in [3.8, 4) is 0 Å². The molecule has 6 heteroatoms. The molecule has 0 aliphatic rings. The van der Waals surface area contributed by atoms with Gasteiger partial charge >= 0.3 is 0 Å². The van der Waals surface area contributed by atoms with Crippen molar-refractivity contribution in [2.45, 2.75) is 19.8 Å². The van der Waals surface area contributed by atoms with E-state index in [1.165, 1.54) is 7.05 Å². The summed E-state index contributed by atoms with van der Waals surface area (Å²) < 4.78 is 0. The second kappa shape index (κ2) is 7.87. The Morgan fingerprint density at radius 2 is 2.10 bits per heavy atom. The van der Waals surface area contributed by atoms with E-state index in [9.17, 15) is 9.59 Å². The molecule has 1 unspecified atom stereocenters. The molecule has 0 radical (unpaired) electrons. The summed E-state index contributed by atoms with van der Waals surface area (Å²) in [7, 11) is 1.53. The van der Waals surface area contributed by atoms with Gasteiger partial charge in [0.15, 0.2) is 0 Å². The largest absolute Gasteiger partial charge is 0.355 e. The number of carbonyl (C=O) groups excluding carboxylic acids is 2. The first kappa shape index (κ1) is 16.5. The lowest BCUT2D eigenvalue weighted by Crippen LogP contribution is -2.22. The molecular weight excluding hydrogens is 278 g/mol. The van der Waals surface area contributed by atoms with Gasteiger partial charge in [-0.3, -0.25) is 9.59 Å². The molecule has 0 bridgehead atoms. The summed E-state index contributed by atoms with van der Waals surface area (Å²) in [5.74, 6) is -0.511. The number of amides is 2. The standard InChI is InChI=1S/C14H20ClN3O2/c1-9(4-3-7-16)13(19)18-10-5-6-12(15)11(8-10)14(20)17-2/h5-6,8-9H,3-4,7,16H2,1-2H3,(H,17,20)(H,18,19). The molecule has 110 valence electrons. The van der Waals surface area contributed by atoms with Crippen LogP contribution in [0.25, 0.3) is 0 Å². The van der Waals surface area contributed by atoms with Crippen molar-refractivity contribution in [1.29, 1.82) is 0 Å². The Hall–Kier alpha value is -1.59. The van der Waals surface area contributed by atoms with E-state index in [0.29, 0.717) is 22.8 Å². The Morgan fingerprint density at radius 1 is 1.40 bits per heavy atom. The van der Waals surface area contributed by atoms with Gasteiger partial charge in [0.1, 0.15) is 0 Å². The number of hydrogen-bond donors (Lipinski definition) is 3. The predicted octanol–water partition coefficient (Wildman–Crippen LogP) is 2.01. The van der Waals surface area contributed by atoms with E-state index in [0.717, 1.165) is 12.8 Å².